The second-order valence-corrected chi connectivity index (χ2v) is 7.64. The summed E-state index contributed by atoms with van der Waals surface area (Å²) in [6.07, 6.45) is 0.593. The molecule has 2 heterocycles. The Labute approximate surface area is 174 Å². The Balaban J connectivity index is 1.56. The second-order valence-electron chi connectivity index (χ2n) is 7.28. The maximum atomic E-state index is 13.4. The van der Waals surface area contributed by atoms with Crippen LogP contribution in [0.2, 0.25) is 0 Å². The minimum atomic E-state index is -0.299. The van der Waals surface area contributed by atoms with E-state index in [2.05, 4.69) is 0 Å². The Morgan fingerprint density at radius 1 is 0.966 bits per heavy atom. The van der Waals surface area contributed by atoms with E-state index >= 15 is 0 Å². The van der Waals surface area contributed by atoms with Crippen LogP contribution in [0.15, 0.2) is 54.6 Å². The van der Waals surface area contributed by atoms with Crippen molar-refractivity contribution in [1.82, 2.24) is 4.90 Å². The summed E-state index contributed by atoms with van der Waals surface area (Å²) in [5, 5.41) is 2.66. The number of thiocarbonyl (C=S) groups is 1. The number of ether oxygens (including phenoxy) is 2. The van der Waals surface area contributed by atoms with Gasteiger partial charge < -0.3 is 14.4 Å². The third-order valence-corrected chi connectivity index (χ3v) is 6.20. The van der Waals surface area contributed by atoms with Crippen LogP contribution < -0.4 is 14.4 Å². The number of fused-ring (bicyclic) bond motifs is 3. The van der Waals surface area contributed by atoms with Crippen LogP contribution in [0, 0.1) is 0 Å². The van der Waals surface area contributed by atoms with Crippen molar-refractivity contribution in [3.8, 4) is 11.5 Å². The molecule has 0 aliphatic carbocycles. The molecule has 29 heavy (non-hydrogen) atoms. The minimum absolute atomic E-state index is 0.0202. The summed E-state index contributed by atoms with van der Waals surface area (Å²) in [4.78, 5) is 17.1. The van der Waals surface area contributed by atoms with Crippen molar-refractivity contribution in [3.63, 3.8) is 0 Å². The van der Waals surface area contributed by atoms with Crippen molar-refractivity contribution in [1.29, 1.82) is 0 Å². The molecule has 0 saturated carbocycles. The molecule has 0 unspecified atom stereocenters. The molecule has 0 spiro atoms. The highest BCUT2D eigenvalue weighted by Gasteiger charge is 2.46. The molecule has 3 aromatic carbocycles. The largest absolute Gasteiger partial charge is 0.493 e. The molecule has 1 saturated heterocycles. The molecule has 1 amide bonds. The molecule has 0 aromatic heterocycles. The summed E-state index contributed by atoms with van der Waals surface area (Å²) < 4.78 is 10.9. The highest BCUT2D eigenvalue weighted by atomic mass is 32.1. The zero-order valence-corrected chi connectivity index (χ0v) is 17.0. The number of methoxy groups -OCH3 is 2. The first-order chi connectivity index (χ1) is 14.1. The number of amides is 1. The predicted molar refractivity (Wildman–Crippen MR) is 117 cm³/mol. The van der Waals surface area contributed by atoms with Crippen LogP contribution in [0.4, 0.5) is 5.69 Å². The van der Waals surface area contributed by atoms with Gasteiger partial charge in [-0.25, -0.2) is 0 Å². The van der Waals surface area contributed by atoms with Crippen LogP contribution in [-0.2, 0) is 17.8 Å². The normalized spacial score (nSPS) is 18.1. The maximum absolute atomic E-state index is 13.4. The van der Waals surface area contributed by atoms with Crippen LogP contribution in [-0.4, -0.2) is 36.2 Å². The molecular formula is C23H20N2O3S. The standard InChI is InChI=1S/C23H20N2O3S/c1-27-20-11-15-10-19-22(26)25(18-9-5-7-14-6-3-4-8-17(14)18)23(29)24(19)13-16(15)12-21(20)28-2/h3-9,11-12,19H,10,13H2,1-2H3/t19-/m0/s1. The van der Waals surface area contributed by atoms with E-state index in [1.54, 1.807) is 19.1 Å². The topological polar surface area (TPSA) is 42.0 Å². The number of carbonyl (C=O) groups excluding carboxylic acids is 1. The molecule has 6 heteroatoms. The summed E-state index contributed by atoms with van der Waals surface area (Å²) in [6, 6.07) is 17.7. The van der Waals surface area contributed by atoms with Crippen molar-refractivity contribution in [2.45, 2.75) is 19.0 Å². The highest BCUT2D eigenvalue weighted by Crippen LogP contribution is 2.39. The predicted octanol–water partition coefficient (Wildman–Crippen LogP) is 3.92. The van der Waals surface area contributed by atoms with E-state index in [1.165, 1.54) is 0 Å². The van der Waals surface area contributed by atoms with E-state index in [4.69, 9.17) is 21.7 Å². The molecule has 0 N–H and O–H groups in total. The van der Waals surface area contributed by atoms with Crippen molar-refractivity contribution in [2.24, 2.45) is 0 Å². The fourth-order valence-corrected chi connectivity index (χ4v) is 4.71. The van der Waals surface area contributed by atoms with Crippen molar-refractivity contribution in [3.05, 3.63) is 65.7 Å². The third kappa shape index (κ3) is 2.67. The Bertz CT molecular complexity index is 1100. The van der Waals surface area contributed by atoms with Gasteiger partial charge in [0.25, 0.3) is 5.91 Å². The average Bonchev–Trinajstić information content (AvgIpc) is 3.00. The molecule has 1 fully saturated rings. The van der Waals surface area contributed by atoms with Crippen LogP contribution >= 0.6 is 12.2 Å². The fraction of sp³-hybridized carbons (Fsp3) is 0.217. The van der Waals surface area contributed by atoms with Gasteiger partial charge in [-0.05, 0) is 46.9 Å². The number of rotatable bonds is 3. The van der Waals surface area contributed by atoms with Gasteiger partial charge in [0.05, 0.1) is 19.9 Å². The maximum Gasteiger partial charge on any atom is 0.256 e. The molecule has 0 bridgehead atoms. The summed E-state index contributed by atoms with van der Waals surface area (Å²) in [5.41, 5.74) is 3.04. The number of nitrogens with zero attached hydrogens (tertiary/aromatic N) is 2. The van der Waals surface area contributed by atoms with Crippen LogP contribution in [0.1, 0.15) is 11.1 Å². The Morgan fingerprint density at radius 2 is 1.66 bits per heavy atom. The number of hydrogen-bond donors (Lipinski definition) is 0. The van der Waals surface area contributed by atoms with Gasteiger partial charge in [-0.15, -0.1) is 0 Å². The number of anilines is 1. The van der Waals surface area contributed by atoms with Gasteiger partial charge in [0, 0.05) is 18.4 Å². The first kappa shape index (κ1) is 17.9. The van der Waals surface area contributed by atoms with Crippen molar-refractivity contribution < 1.29 is 14.3 Å². The van der Waals surface area contributed by atoms with E-state index < -0.39 is 0 Å². The Kier molecular flexibility index (Phi) is 4.17. The first-order valence-corrected chi connectivity index (χ1v) is 9.89. The van der Waals surface area contributed by atoms with Crippen LogP contribution in [0.3, 0.4) is 0 Å². The smallest absolute Gasteiger partial charge is 0.256 e. The molecule has 1 atom stereocenters. The lowest BCUT2D eigenvalue weighted by molar-refractivity contribution is -0.119. The lowest BCUT2D eigenvalue weighted by atomic mass is 9.94. The summed E-state index contributed by atoms with van der Waals surface area (Å²) >= 11 is 5.77. The molecule has 2 aliphatic heterocycles. The van der Waals surface area contributed by atoms with Gasteiger partial charge in [0.15, 0.2) is 16.6 Å². The summed E-state index contributed by atoms with van der Waals surface area (Å²) in [5.74, 6) is 1.39. The van der Waals surface area contributed by atoms with Crippen LogP contribution in [0.5, 0.6) is 11.5 Å². The van der Waals surface area contributed by atoms with E-state index in [0.29, 0.717) is 29.6 Å². The SMILES string of the molecule is COc1cc2c(cc1OC)CN1C(=S)N(c3cccc4ccccc34)C(=O)[C@@H]1C2. The Hall–Kier alpha value is -3.12. The lowest BCUT2D eigenvalue weighted by Crippen LogP contribution is -2.40. The molecule has 5 rings (SSSR count). The monoisotopic (exact) mass is 404 g/mol. The zero-order chi connectivity index (χ0) is 20.1. The Morgan fingerprint density at radius 3 is 2.41 bits per heavy atom. The molecule has 3 aromatic rings. The van der Waals surface area contributed by atoms with E-state index in [-0.39, 0.29) is 11.9 Å². The fourth-order valence-electron chi connectivity index (χ4n) is 4.33. The molecule has 0 radical (unpaired) electrons. The number of benzene rings is 3. The van der Waals surface area contributed by atoms with E-state index in [0.717, 1.165) is 27.6 Å². The lowest BCUT2D eigenvalue weighted by Gasteiger charge is -2.31. The van der Waals surface area contributed by atoms with Gasteiger partial charge in [-0.3, -0.25) is 9.69 Å². The van der Waals surface area contributed by atoms with E-state index in [1.807, 2.05) is 59.5 Å². The first-order valence-electron chi connectivity index (χ1n) is 9.48. The number of hydrogen-bond acceptors (Lipinski definition) is 4. The van der Waals surface area contributed by atoms with Gasteiger partial charge in [0.1, 0.15) is 6.04 Å². The van der Waals surface area contributed by atoms with Crippen molar-refractivity contribution >= 4 is 39.7 Å². The van der Waals surface area contributed by atoms with E-state index in [9.17, 15) is 4.79 Å². The molecule has 5 nitrogen and oxygen atoms in total. The average molecular weight is 404 g/mol. The minimum Gasteiger partial charge on any atom is -0.493 e. The van der Waals surface area contributed by atoms with Gasteiger partial charge >= 0.3 is 0 Å². The summed E-state index contributed by atoms with van der Waals surface area (Å²) in [7, 11) is 3.25. The van der Waals surface area contributed by atoms with Crippen LogP contribution in [0.25, 0.3) is 10.8 Å². The quantitative estimate of drug-likeness (QED) is 0.619. The molecule has 2 aliphatic rings. The molecular weight excluding hydrogens is 384 g/mol. The number of carbonyl (C=O) groups is 1. The van der Waals surface area contributed by atoms with Crippen molar-refractivity contribution in [2.75, 3.05) is 19.1 Å². The highest BCUT2D eigenvalue weighted by molar-refractivity contribution is 7.80. The second kappa shape index (κ2) is 6.74. The summed E-state index contributed by atoms with van der Waals surface area (Å²) in [6.45, 7) is 0.576. The zero-order valence-electron chi connectivity index (χ0n) is 16.2. The third-order valence-electron chi connectivity index (χ3n) is 5.79. The molecule has 146 valence electrons. The van der Waals surface area contributed by atoms with Gasteiger partial charge in [-0.1, -0.05) is 36.4 Å². The van der Waals surface area contributed by atoms with Gasteiger partial charge in [-0.2, -0.15) is 0 Å². The van der Waals surface area contributed by atoms with Gasteiger partial charge in [0.2, 0.25) is 0 Å².